The molecule has 0 spiro atoms. The van der Waals surface area contributed by atoms with Crippen LogP contribution in [0.2, 0.25) is 0 Å². The van der Waals surface area contributed by atoms with Crippen molar-refractivity contribution in [2.45, 2.75) is 33.9 Å². The highest BCUT2D eigenvalue weighted by molar-refractivity contribution is 7.14. The van der Waals surface area contributed by atoms with E-state index in [4.69, 9.17) is 4.74 Å². The number of nitrogens with zero attached hydrogens (tertiary/aromatic N) is 3. The molecule has 34 heavy (non-hydrogen) atoms. The number of thiazole rings is 2. The molecule has 2 heterocycles. The number of carbonyl (C=O) groups is 2. The topological polar surface area (TPSA) is 84.4 Å². The van der Waals surface area contributed by atoms with E-state index in [9.17, 15) is 9.59 Å². The number of ether oxygens (including phenoxy) is 1. The molecule has 1 amide bonds. The molecule has 2 aromatic heterocycles. The van der Waals surface area contributed by atoms with Crippen molar-refractivity contribution in [3.63, 3.8) is 0 Å². The van der Waals surface area contributed by atoms with E-state index in [1.807, 2.05) is 62.4 Å². The van der Waals surface area contributed by atoms with E-state index in [1.54, 1.807) is 15.7 Å². The van der Waals surface area contributed by atoms with Gasteiger partial charge >= 0.3 is 5.97 Å². The maximum Gasteiger partial charge on any atom is 0.358 e. The third kappa shape index (κ3) is 5.49. The molecule has 0 atom stereocenters. The fourth-order valence-electron chi connectivity index (χ4n) is 3.29. The summed E-state index contributed by atoms with van der Waals surface area (Å²) < 4.78 is 5.41. The van der Waals surface area contributed by atoms with Crippen molar-refractivity contribution in [1.29, 1.82) is 0 Å². The van der Waals surface area contributed by atoms with Crippen LogP contribution in [-0.4, -0.2) is 21.8 Å². The van der Waals surface area contributed by atoms with Gasteiger partial charge in [-0.05, 0) is 36.6 Å². The molecule has 7 nitrogen and oxygen atoms in total. The first-order valence-corrected chi connectivity index (χ1v) is 12.4. The standard InChI is InChI=1S/C25H24N4O3S2/c1-16-8-7-11-22(17(16)2)29(18(3)30)25-27-20(14-34-25)13-32-23(31)21-15-33-24(28-21)26-12-19-9-5-4-6-10-19/h4-11,14-15H,12-13H2,1-3H3,(H,26,28). The zero-order chi connectivity index (χ0) is 24.1. The third-order valence-electron chi connectivity index (χ3n) is 5.21. The third-order valence-corrected chi connectivity index (χ3v) is 6.89. The molecule has 4 aromatic rings. The number of rotatable bonds is 8. The fraction of sp³-hybridized carbons (Fsp3) is 0.200. The predicted octanol–water partition coefficient (Wildman–Crippen LogP) is 5.87. The first-order valence-electron chi connectivity index (χ1n) is 10.6. The van der Waals surface area contributed by atoms with Gasteiger partial charge in [-0.2, -0.15) is 0 Å². The summed E-state index contributed by atoms with van der Waals surface area (Å²) in [5.74, 6) is -0.652. The second-order valence-electron chi connectivity index (χ2n) is 7.65. The minimum Gasteiger partial charge on any atom is -0.454 e. The van der Waals surface area contributed by atoms with Gasteiger partial charge in [-0.1, -0.05) is 42.5 Å². The Labute approximate surface area is 206 Å². The SMILES string of the molecule is CC(=O)N(c1nc(COC(=O)c2csc(NCc3ccccc3)n2)cs1)c1cccc(C)c1C. The average Bonchev–Trinajstić information content (AvgIpc) is 3.50. The van der Waals surface area contributed by atoms with Gasteiger partial charge in [0.15, 0.2) is 16.0 Å². The minimum absolute atomic E-state index is 0.00180. The number of hydrogen-bond donors (Lipinski definition) is 1. The number of anilines is 3. The number of aromatic nitrogens is 2. The molecule has 0 saturated heterocycles. The summed E-state index contributed by atoms with van der Waals surface area (Å²) in [6.07, 6.45) is 0. The largest absolute Gasteiger partial charge is 0.454 e. The molecule has 2 aromatic carbocycles. The Morgan fingerprint density at radius 2 is 1.79 bits per heavy atom. The van der Waals surface area contributed by atoms with Crippen molar-refractivity contribution >= 4 is 50.5 Å². The van der Waals surface area contributed by atoms with Gasteiger partial charge in [-0.3, -0.25) is 9.69 Å². The van der Waals surface area contributed by atoms with Crippen LogP contribution in [0.25, 0.3) is 0 Å². The van der Waals surface area contributed by atoms with Gasteiger partial charge in [0.1, 0.15) is 6.61 Å². The van der Waals surface area contributed by atoms with E-state index >= 15 is 0 Å². The zero-order valence-corrected chi connectivity index (χ0v) is 20.7. The molecule has 0 aliphatic carbocycles. The number of benzene rings is 2. The van der Waals surface area contributed by atoms with E-state index in [0.717, 1.165) is 22.4 Å². The lowest BCUT2D eigenvalue weighted by Gasteiger charge is -2.21. The van der Waals surface area contributed by atoms with Gasteiger partial charge in [-0.15, -0.1) is 22.7 Å². The normalized spacial score (nSPS) is 10.7. The van der Waals surface area contributed by atoms with Gasteiger partial charge in [-0.25, -0.2) is 14.8 Å². The molecule has 1 N–H and O–H groups in total. The Bertz CT molecular complexity index is 1300. The minimum atomic E-state index is -0.517. The molecule has 0 aliphatic rings. The summed E-state index contributed by atoms with van der Waals surface area (Å²) in [4.78, 5) is 35.3. The Hall–Kier alpha value is -3.56. The number of nitrogens with one attached hydrogen (secondary N) is 1. The zero-order valence-electron chi connectivity index (χ0n) is 19.1. The van der Waals surface area contributed by atoms with Crippen LogP contribution in [-0.2, 0) is 22.7 Å². The number of carbonyl (C=O) groups excluding carboxylic acids is 2. The van der Waals surface area contributed by atoms with Gasteiger partial charge in [0, 0.05) is 24.2 Å². The van der Waals surface area contributed by atoms with Crippen LogP contribution < -0.4 is 10.2 Å². The van der Waals surface area contributed by atoms with Crippen LogP contribution in [0, 0.1) is 13.8 Å². The Kier molecular flexibility index (Phi) is 7.34. The monoisotopic (exact) mass is 492 g/mol. The smallest absolute Gasteiger partial charge is 0.358 e. The van der Waals surface area contributed by atoms with E-state index in [-0.39, 0.29) is 18.2 Å². The molecule has 0 saturated carbocycles. The van der Waals surface area contributed by atoms with Crippen LogP contribution >= 0.6 is 22.7 Å². The maximum atomic E-state index is 12.5. The van der Waals surface area contributed by atoms with Crippen LogP contribution in [0.4, 0.5) is 16.0 Å². The first kappa shape index (κ1) is 23.6. The van der Waals surface area contributed by atoms with E-state index < -0.39 is 5.97 Å². The van der Waals surface area contributed by atoms with Gasteiger partial charge < -0.3 is 10.1 Å². The lowest BCUT2D eigenvalue weighted by atomic mass is 10.1. The maximum absolute atomic E-state index is 12.5. The molecule has 174 valence electrons. The summed E-state index contributed by atoms with van der Waals surface area (Å²) >= 11 is 2.68. The highest BCUT2D eigenvalue weighted by Gasteiger charge is 2.21. The van der Waals surface area contributed by atoms with Gasteiger partial charge in [0.05, 0.1) is 11.4 Å². The molecule has 0 unspecified atom stereocenters. The molecule has 9 heteroatoms. The Balaban J connectivity index is 1.38. The lowest BCUT2D eigenvalue weighted by molar-refractivity contribution is -0.115. The van der Waals surface area contributed by atoms with Crippen molar-refractivity contribution in [2.24, 2.45) is 0 Å². The molecule has 4 rings (SSSR count). The number of aryl methyl sites for hydroxylation is 1. The van der Waals surface area contributed by atoms with Crippen LogP contribution in [0.5, 0.6) is 0 Å². The second kappa shape index (κ2) is 10.6. The first-order chi connectivity index (χ1) is 16.4. The summed E-state index contributed by atoms with van der Waals surface area (Å²) in [7, 11) is 0. The van der Waals surface area contributed by atoms with Crippen molar-refractivity contribution in [2.75, 3.05) is 10.2 Å². The quantitative estimate of drug-likeness (QED) is 0.310. The van der Waals surface area contributed by atoms with Gasteiger partial charge in [0.25, 0.3) is 0 Å². The molecule has 0 radical (unpaired) electrons. The molecule has 0 aliphatic heterocycles. The van der Waals surface area contributed by atoms with Crippen LogP contribution in [0.1, 0.15) is 39.8 Å². The number of esters is 1. The highest BCUT2D eigenvalue weighted by Crippen LogP contribution is 2.32. The Morgan fingerprint density at radius 1 is 1.00 bits per heavy atom. The van der Waals surface area contributed by atoms with Crippen LogP contribution in [0.3, 0.4) is 0 Å². The molecule has 0 fully saturated rings. The summed E-state index contributed by atoms with van der Waals surface area (Å²) in [6.45, 7) is 6.11. The van der Waals surface area contributed by atoms with Gasteiger partial charge in [0.2, 0.25) is 5.91 Å². The molecular formula is C25H24N4O3S2. The van der Waals surface area contributed by atoms with Crippen molar-refractivity contribution in [1.82, 2.24) is 9.97 Å². The number of amides is 1. The molecule has 0 bridgehead atoms. The average molecular weight is 493 g/mol. The van der Waals surface area contributed by atoms with Crippen LogP contribution in [0.15, 0.2) is 59.3 Å². The second-order valence-corrected chi connectivity index (χ2v) is 9.34. The van der Waals surface area contributed by atoms with Crippen molar-refractivity contribution < 1.29 is 14.3 Å². The predicted molar refractivity (Wildman–Crippen MR) is 136 cm³/mol. The van der Waals surface area contributed by atoms with E-state index in [0.29, 0.717) is 22.5 Å². The fourth-order valence-corrected chi connectivity index (χ4v) is 4.83. The van der Waals surface area contributed by atoms with E-state index in [2.05, 4.69) is 15.3 Å². The summed E-state index contributed by atoms with van der Waals surface area (Å²) in [6, 6.07) is 15.8. The molecular weight excluding hydrogens is 468 g/mol. The van der Waals surface area contributed by atoms with E-state index in [1.165, 1.54) is 29.6 Å². The summed E-state index contributed by atoms with van der Waals surface area (Å²) in [5.41, 5.74) is 4.85. The summed E-state index contributed by atoms with van der Waals surface area (Å²) in [5, 5.41) is 7.85. The highest BCUT2D eigenvalue weighted by atomic mass is 32.1. The van der Waals surface area contributed by atoms with Crippen molar-refractivity contribution in [3.05, 3.63) is 87.4 Å². The number of hydrogen-bond acceptors (Lipinski definition) is 8. The van der Waals surface area contributed by atoms with Crippen molar-refractivity contribution in [3.8, 4) is 0 Å². The lowest BCUT2D eigenvalue weighted by Crippen LogP contribution is -2.23. The Morgan fingerprint density at radius 3 is 2.56 bits per heavy atom.